The van der Waals surface area contributed by atoms with Crippen LogP contribution in [0.3, 0.4) is 0 Å². The van der Waals surface area contributed by atoms with Crippen LogP contribution in [0, 0.1) is 5.92 Å². The molecule has 1 unspecified atom stereocenters. The van der Waals surface area contributed by atoms with Crippen molar-refractivity contribution in [2.45, 2.75) is 32.8 Å². The maximum atomic E-state index is 5.49. The topological polar surface area (TPSA) is 30.5 Å². The van der Waals surface area contributed by atoms with E-state index in [0.29, 0.717) is 12.0 Å². The summed E-state index contributed by atoms with van der Waals surface area (Å²) in [5.41, 5.74) is 0. The fraction of sp³-hybridized carbons (Fsp3) is 1.00. The van der Waals surface area contributed by atoms with Crippen LogP contribution >= 0.6 is 0 Å². The molecule has 1 aliphatic rings. The quantitative estimate of drug-likeness (QED) is 0.632. The van der Waals surface area contributed by atoms with Crippen LogP contribution in [0.15, 0.2) is 0 Å². The molecule has 14 heavy (non-hydrogen) atoms. The van der Waals surface area contributed by atoms with E-state index in [1.807, 2.05) is 0 Å². The molecule has 0 saturated carbocycles. The molecule has 0 spiro atoms. The normalized spacial score (nSPS) is 22.1. The Balaban J connectivity index is 1.79. The van der Waals surface area contributed by atoms with Crippen molar-refractivity contribution in [3.8, 4) is 0 Å². The number of nitrogens with one attached hydrogen (secondary N) is 1. The van der Waals surface area contributed by atoms with Gasteiger partial charge in [0.15, 0.2) is 0 Å². The average molecular weight is 201 g/mol. The van der Waals surface area contributed by atoms with Crippen LogP contribution in [0.1, 0.15) is 26.7 Å². The third-order valence-electron chi connectivity index (χ3n) is 2.27. The number of rotatable bonds is 7. The lowest BCUT2D eigenvalue weighted by molar-refractivity contribution is 0.0950. The summed E-state index contributed by atoms with van der Waals surface area (Å²) in [6.07, 6.45) is 2.87. The minimum absolute atomic E-state index is 0.445. The molecule has 0 aromatic rings. The van der Waals surface area contributed by atoms with Gasteiger partial charge in [-0.2, -0.15) is 0 Å². The molecule has 0 radical (unpaired) electrons. The summed E-state index contributed by atoms with van der Waals surface area (Å²) in [6, 6.07) is 0. The molecule has 1 aliphatic heterocycles. The molecule has 84 valence electrons. The van der Waals surface area contributed by atoms with E-state index in [1.54, 1.807) is 0 Å². The molecular formula is C11H23NO2. The number of hydrogen-bond acceptors (Lipinski definition) is 3. The Morgan fingerprint density at radius 3 is 3.00 bits per heavy atom. The summed E-state index contributed by atoms with van der Waals surface area (Å²) in [6.45, 7) is 8.86. The zero-order valence-electron chi connectivity index (χ0n) is 9.42. The Hall–Kier alpha value is -0.120. The Morgan fingerprint density at radius 1 is 1.50 bits per heavy atom. The van der Waals surface area contributed by atoms with Crippen molar-refractivity contribution in [1.82, 2.24) is 5.32 Å². The third kappa shape index (κ3) is 5.58. The fourth-order valence-electron chi connectivity index (χ4n) is 1.53. The van der Waals surface area contributed by atoms with E-state index in [1.165, 1.54) is 12.8 Å². The predicted octanol–water partition coefficient (Wildman–Crippen LogP) is 1.43. The molecule has 1 fully saturated rings. The van der Waals surface area contributed by atoms with Crippen LogP contribution in [0.2, 0.25) is 0 Å². The number of hydrogen-bond donors (Lipinski definition) is 1. The minimum Gasteiger partial charge on any atom is -0.380 e. The first kappa shape index (κ1) is 12.0. The molecular weight excluding hydrogens is 178 g/mol. The Kier molecular flexibility index (Phi) is 6.15. The van der Waals surface area contributed by atoms with Gasteiger partial charge in [0.25, 0.3) is 0 Å². The standard InChI is InChI=1S/C11H23NO2/c1-10(2)9-13-7-5-12-8-11-4-3-6-14-11/h10-12H,3-9H2,1-2H3. The van der Waals surface area contributed by atoms with Crippen molar-refractivity contribution in [1.29, 1.82) is 0 Å². The monoisotopic (exact) mass is 201 g/mol. The summed E-state index contributed by atoms with van der Waals surface area (Å²) >= 11 is 0. The van der Waals surface area contributed by atoms with Gasteiger partial charge in [-0.25, -0.2) is 0 Å². The number of ether oxygens (including phenoxy) is 2. The lowest BCUT2D eigenvalue weighted by Crippen LogP contribution is -2.29. The maximum absolute atomic E-state index is 5.49. The molecule has 1 heterocycles. The van der Waals surface area contributed by atoms with E-state index in [2.05, 4.69) is 19.2 Å². The van der Waals surface area contributed by atoms with Gasteiger partial charge in [-0.3, -0.25) is 0 Å². The van der Waals surface area contributed by atoms with Gasteiger partial charge in [-0.15, -0.1) is 0 Å². The highest BCUT2D eigenvalue weighted by atomic mass is 16.5. The fourth-order valence-corrected chi connectivity index (χ4v) is 1.53. The first-order valence-electron chi connectivity index (χ1n) is 5.69. The zero-order valence-corrected chi connectivity index (χ0v) is 9.42. The van der Waals surface area contributed by atoms with Crippen molar-refractivity contribution >= 4 is 0 Å². The summed E-state index contributed by atoms with van der Waals surface area (Å²) in [4.78, 5) is 0. The summed E-state index contributed by atoms with van der Waals surface area (Å²) in [7, 11) is 0. The van der Waals surface area contributed by atoms with E-state index >= 15 is 0 Å². The third-order valence-corrected chi connectivity index (χ3v) is 2.27. The van der Waals surface area contributed by atoms with E-state index in [4.69, 9.17) is 9.47 Å². The lowest BCUT2D eigenvalue weighted by Gasteiger charge is -2.11. The molecule has 0 aliphatic carbocycles. The van der Waals surface area contributed by atoms with Crippen molar-refractivity contribution in [3.63, 3.8) is 0 Å². The van der Waals surface area contributed by atoms with Crippen LogP contribution in [0.4, 0.5) is 0 Å². The van der Waals surface area contributed by atoms with Gasteiger partial charge in [-0.1, -0.05) is 13.8 Å². The van der Waals surface area contributed by atoms with Crippen LogP contribution < -0.4 is 5.32 Å². The second kappa shape index (κ2) is 7.21. The maximum Gasteiger partial charge on any atom is 0.0700 e. The smallest absolute Gasteiger partial charge is 0.0700 e. The van der Waals surface area contributed by atoms with Crippen LogP contribution in [0.5, 0.6) is 0 Å². The van der Waals surface area contributed by atoms with Crippen LogP contribution in [-0.4, -0.2) is 39.0 Å². The van der Waals surface area contributed by atoms with Gasteiger partial charge in [0.05, 0.1) is 12.7 Å². The highest BCUT2D eigenvalue weighted by molar-refractivity contribution is 4.66. The van der Waals surface area contributed by atoms with Crippen LogP contribution in [0.25, 0.3) is 0 Å². The molecule has 1 saturated heterocycles. The van der Waals surface area contributed by atoms with Gasteiger partial charge in [-0.05, 0) is 18.8 Å². The summed E-state index contributed by atoms with van der Waals surface area (Å²) in [5, 5.41) is 3.35. The van der Waals surface area contributed by atoms with E-state index < -0.39 is 0 Å². The Labute approximate surface area is 87.2 Å². The van der Waals surface area contributed by atoms with Crippen molar-refractivity contribution in [2.75, 3.05) is 32.9 Å². The molecule has 0 amide bonds. The molecule has 3 heteroatoms. The first-order chi connectivity index (χ1) is 6.79. The lowest BCUT2D eigenvalue weighted by atomic mass is 10.2. The van der Waals surface area contributed by atoms with Crippen molar-refractivity contribution < 1.29 is 9.47 Å². The van der Waals surface area contributed by atoms with Gasteiger partial charge in [0.1, 0.15) is 0 Å². The second-order valence-electron chi connectivity index (χ2n) is 4.31. The SMILES string of the molecule is CC(C)COCCNCC1CCCO1. The van der Waals surface area contributed by atoms with Gasteiger partial charge >= 0.3 is 0 Å². The Morgan fingerprint density at radius 2 is 2.36 bits per heavy atom. The van der Waals surface area contributed by atoms with Gasteiger partial charge in [0, 0.05) is 26.3 Å². The van der Waals surface area contributed by atoms with E-state index in [9.17, 15) is 0 Å². The average Bonchev–Trinajstić information content (AvgIpc) is 2.63. The summed E-state index contributed by atoms with van der Waals surface area (Å²) in [5.74, 6) is 0.633. The molecule has 3 nitrogen and oxygen atoms in total. The van der Waals surface area contributed by atoms with Crippen molar-refractivity contribution in [2.24, 2.45) is 5.92 Å². The second-order valence-corrected chi connectivity index (χ2v) is 4.31. The highest BCUT2D eigenvalue weighted by Crippen LogP contribution is 2.10. The molecule has 0 aromatic heterocycles. The van der Waals surface area contributed by atoms with Crippen LogP contribution in [-0.2, 0) is 9.47 Å². The summed E-state index contributed by atoms with van der Waals surface area (Å²) < 4.78 is 11.0. The molecule has 1 N–H and O–H groups in total. The molecule has 0 aromatic carbocycles. The predicted molar refractivity (Wildman–Crippen MR) is 57.5 cm³/mol. The van der Waals surface area contributed by atoms with E-state index in [-0.39, 0.29) is 0 Å². The van der Waals surface area contributed by atoms with Crippen molar-refractivity contribution in [3.05, 3.63) is 0 Å². The highest BCUT2D eigenvalue weighted by Gasteiger charge is 2.13. The Bertz CT molecular complexity index is 133. The first-order valence-corrected chi connectivity index (χ1v) is 5.69. The molecule has 1 atom stereocenters. The van der Waals surface area contributed by atoms with E-state index in [0.717, 1.165) is 32.9 Å². The zero-order chi connectivity index (χ0) is 10.2. The van der Waals surface area contributed by atoms with Gasteiger partial charge < -0.3 is 14.8 Å². The molecule has 1 rings (SSSR count). The van der Waals surface area contributed by atoms with Gasteiger partial charge in [0.2, 0.25) is 0 Å². The largest absolute Gasteiger partial charge is 0.380 e. The minimum atomic E-state index is 0.445. The molecule has 0 bridgehead atoms.